The molecule has 0 atom stereocenters. The number of ether oxygens (including phenoxy) is 3. The molecule has 1 heterocycles. The second-order valence-corrected chi connectivity index (χ2v) is 10.7. The predicted octanol–water partition coefficient (Wildman–Crippen LogP) is 6.21. The summed E-state index contributed by atoms with van der Waals surface area (Å²) in [7, 11) is 0. The quantitative estimate of drug-likeness (QED) is 0.194. The molecule has 0 saturated carbocycles. The van der Waals surface area contributed by atoms with E-state index in [1.807, 2.05) is 0 Å². The monoisotopic (exact) mass is 630 g/mol. The van der Waals surface area contributed by atoms with Gasteiger partial charge in [0.1, 0.15) is 22.6 Å². The molecule has 1 amide bonds. The molecule has 0 bridgehead atoms. The van der Waals surface area contributed by atoms with Crippen LogP contribution in [0.3, 0.4) is 0 Å². The van der Waals surface area contributed by atoms with Gasteiger partial charge in [-0.15, -0.1) is 0 Å². The van der Waals surface area contributed by atoms with Crippen LogP contribution in [-0.2, 0) is 25.4 Å². The highest BCUT2D eigenvalue weighted by Gasteiger charge is 2.33. The summed E-state index contributed by atoms with van der Waals surface area (Å²) >= 11 is 6.97. The van der Waals surface area contributed by atoms with Gasteiger partial charge in [-0.3, -0.25) is 9.69 Å². The topological polar surface area (TPSA) is 95.0 Å². The minimum atomic E-state index is -0.846. The third kappa shape index (κ3) is 8.55. The Morgan fingerprint density at radius 2 is 1.72 bits per heavy atom. The SMILES string of the molecule is CC(=O)OCCN(C(=O)OC(C)(C)C)c1c(C(=O)OC(C)C)nc(Br)c(Cc2ccc(F)cc2)c1Br. The van der Waals surface area contributed by atoms with Gasteiger partial charge >= 0.3 is 18.0 Å². The molecule has 0 unspecified atom stereocenters. The van der Waals surface area contributed by atoms with Crippen LogP contribution in [0.5, 0.6) is 0 Å². The van der Waals surface area contributed by atoms with Crippen molar-refractivity contribution in [3.8, 4) is 0 Å². The van der Waals surface area contributed by atoms with Crippen LogP contribution in [0.4, 0.5) is 14.9 Å². The number of halogens is 3. The first kappa shape index (κ1) is 29.7. The summed E-state index contributed by atoms with van der Waals surface area (Å²) in [5, 5.41) is 0. The van der Waals surface area contributed by atoms with E-state index in [4.69, 9.17) is 14.2 Å². The van der Waals surface area contributed by atoms with Gasteiger partial charge in [0.15, 0.2) is 5.69 Å². The fourth-order valence-electron chi connectivity index (χ4n) is 3.06. The van der Waals surface area contributed by atoms with Crippen molar-refractivity contribution in [3.05, 3.63) is 56.0 Å². The maximum Gasteiger partial charge on any atom is 0.415 e. The average molecular weight is 632 g/mol. The summed E-state index contributed by atoms with van der Waals surface area (Å²) in [5.74, 6) is -1.65. The Balaban J connectivity index is 2.70. The largest absolute Gasteiger partial charge is 0.464 e. The molecular formula is C25H29Br2FN2O6. The molecule has 0 fully saturated rings. The molecule has 1 aromatic heterocycles. The summed E-state index contributed by atoms with van der Waals surface area (Å²) in [6, 6.07) is 5.93. The minimum Gasteiger partial charge on any atom is -0.464 e. The van der Waals surface area contributed by atoms with Crippen LogP contribution < -0.4 is 4.90 Å². The van der Waals surface area contributed by atoms with Gasteiger partial charge < -0.3 is 14.2 Å². The molecule has 36 heavy (non-hydrogen) atoms. The summed E-state index contributed by atoms with van der Waals surface area (Å²) in [6.45, 7) is 9.49. The number of carbonyl (C=O) groups excluding carboxylic acids is 3. The fourth-order valence-corrected chi connectivity index (χ4v) is 4.58. The molecule has 0 saturated heterocycles. The maximum atomic E-state index is 13.4. The lowest BCUT2D eigenvalue weighted by molar-refractivity contribution is -0.140. The van der Waals surface area contributed by atoms with Gasteiger partial charge in [-0.25, -0.2) is 19.0 Å². The third-order valence-electron chi connectivity index (χ3n) is 4.49. The van der Waals surface area contributed by atoms with Gasteiger partial charge in [0.2, 0.25) is 0 Å². The van der Waals surface area contributed by atoms with E-state index in [0.29, 0.717) is 21.1 Å². The van der Waals surface area contributed by atoms with Crippen LogP contribution in [0, 0.1) is 5.82 Å². The molecule has 0 aliphatic rings. The zero-order chi connectivity index (χ0) is 27.2. The number of rotatable bonds is 8. The summed E-state index contributed by atoms with van der Waals surface area (Å²) in [4.78, 5) is 43.3. The van der Waals surface area contributed by atoms with E-state index in [1.165, 1.54) is 24.0 Å². The fraction of sp³-hybridized carbons (Fsp3) is 0.440. The number of nitrogens with zero attached hydrogens (tertiary/aromatic N) is 2. The molecule has 0 N–H and O–H groups in total. The van der Waals surface area contributed by atoms with Crippen LogP contribution in [0.25, 0.3) is 0 Å². The number of hydrogen-bond donors (Lipinski definition) is 0. The molecule has 0 aliphatic heterocycles. The normalized spacial score (nSPS) is 11.3. The van der Waals surface area contributed by atoms with Crippen molar-refractivity contribution < 1.29 is 33.0 Å². The van der Waals surface area contributed by atoms with E-state index < -0.39 is 29.7 Å². The van der Waals surface area contributed by atoms with Crippen LogP contribution >= 0.6 is 31.9 Å². The highest BCUT2D eigenvalue weighted by molar-refractivity contribution is 9.11. The van der Waals surface area contributed by atoms with Gasteiger partial charge in [-0.05, 0) is 84.2 Å². The van der Waals surface area contributed by atoms with Gasteiger partial charge in [-0.2, -0.15) is 0 Å². The van der Waals surface area contributed by atoms with Crippen molar-refractivity contribution in [1.82, 2.24) is 4.98 Å². The highest BCUT2D eigenvalue weighted by atomic mass is 79.9. The smallest absolute Gasteiger partial charge is 0.415 e. The number of aromatic nitrogens is 1. The molecule has 2 rings (SSSR count). The van der Waals surface area contributed by atoms with Crippen molar-refractivity contribution in [2.24, 2.45) is 0 Å². The zero-order valence-electron chi connectivity index (χ0n) is 21.0. The summed E-state index contributed by atoms with van der Waals surface area (Å²) in [5.41, 5.74) is 0.480. The second kappa shape index (κ2) is 12.6. The number of amides is 1. The van der Waals surface area contributed by atoms with E-state index in [9.17, 15) is 18.8 Å². The molecular weight excluding hydrogens is 603 g/mol. The molecule has 11 heteroatoms. The number of anilines is 1. The van der Waals surface area contributed by atoms with Crippen molar-refractivity contribution in [2.45, 2.75) is 59.7 Å². The Hall–Kier alpha value is -2.53. The van der Waals surface area contributed by atoms with Crippen molar-refractivity contribution in [2.75, 3.05) is 18.1 Å². The molecule has 0 aliphatic carbocycles. The van der Waals surface area contributed by atoms with E-state index >= 15 is 0 Å². The average Bonchev–Trinajstić information content (AvgIpc) is 2.74. The van der Waals surface area contributed by atoms with E-state index in [0.717, 1.165) is 5.56 Å². The number of pyridine rings is 1. The van der Waals surface area contributed by atoms with Gasteiger partial charge in [0.25, 0.3) is 0 Å². The van der Waals surface area contributed by atoms with Gasteiger partial charge in [0, 0.05) is 18.9 Å². The van der Waals surface area contributed by atoms with Gasteiger partial charge in [0.05, 0.1) is 22.8 Å². The molecule has 2 aromatic rings. The van der Waals surface area contributed by atoms with Crippen molar-refractivity contribution in [1.29, 1.82) is 0 Å². The number of esters is 2. The first-order valence-corrected chi connectivity index (χ1v) is 12.8. The Morgan fingerprint density at radius 3 is 2.25 bits per heavy atom. The minimum absolute atomic E-state index is 0.0994. The number of hydrogen-bond acceptors (Lipinski definition) is 7. The predicted molar refractivity (Wildman–Crippen MR) is 140 cm³/mol. The second-order valence-electron chi connectivity index (χ2n) is 9.12. The number of carbonyl (C=O) groups is 3. The third-order valence-corrected chi connectivity index (χ3v) is 6.00. The zero-order valence-corrected chi connectivity index (χ0v) is 24.2. The van der Waals surface area contributed by atoms with Crippen molar-refractivity contribution in [3.63, 3.8) is 0 Å². The van der Waals surface area contributed by atoms with E-state index in [1.54, 1.807) is 46.8 Å². The molecule has 196 valence electrons. The van der Waals surface area contributed by atoms with E-state index in [-0.39, 0.29) is 30.4 Å². The standard InChI is InChI=1S/C25H29Br2FN2O6/c1-14(2)35-23(32)20-21(30(11-12-34-15(3)31)24(33)36-25(4,5)6)19(26)18(22(27)29-20)13-16-7-9-17(28)10-8-16/h7-10,14H,11-13H2,1-6H3. The molecule has 0 spiro atoms. The first-order valence-electron chi connectivity index (χ1n) is 11.2. The Kier molecular flexibility index (Phi) is 10.4. The maximum absolute atomic E-state index is 13.4. The Labute approximate surface area is 226 Å². The summed E-state index contributed by atoms with van der Waals surface area (Å²) in [6.07, 6.45) is -0.919. The lowest BCUT2D eigenvalue weighted by Gasteiger charge is -2.29. The lowest BCUT2D eigenvalue weighted by atomic mass is 10.0. The van der Waals surface area contributed by atoms with Gasteiger partial charge in [-0.1, -0.05) is 12.1 Å². The lowest BCUT2D eigenvalue weighted by Crippen LogP contribution is -2.40. The number of benzene rings is 1. The van der Waals surface area contributed by atoms with Crippen LogP contribution in [0.2, 0.25) is 0 Å². The molecule has 0 radical (unpaired) electrons. The Bertz CT molecular complexity index is 1120. The summed E-state index contributed by atoms with van der Waals surface area (Å²) < 4.78 is 30.1. The first-order chi connectivity index (χ1) is 16.7. The van der Waals surface area contributed by atoms with Crippen LogP contribution in [0.15, 0.2) is 33.3 Å². The van der Waals surface area contributed by atoms with Crippen LogP contribution in [-0.4, -0.2) is 47.9 Å². The highest BCUT2D eigenvalue weighted by Crippen LogP contribution is 2.38. The van der Waals surface area contributed by atoms with Crippen molar-refractivity contribution >= 4 is 55.6 Å². The molecule has 8 nitrogen and oxygen atoms in total. The van der Waals surface area contributed by atoms with E-state index in [2.05, 4.69) is 36.8 Å². The van der Waals surface area contributed by atoms with Crippen LogP contribution in [0.1, 0.15) is 63.2 Å². The molecule has 1 aromatic carbocycles. The Morgan fingerprint density at radius 1 is 1.11 bits per heavy atom.